The molecule has 1 aliphatic carbocycles. The summed E-state index contributed by atoms with van der Waals surface area (Å²) in [6, 6.07) is 3.89. The lowest BCUT2D eigenvalue weighted by atomic mass is 9.84. The highest BCUT2D eigenvalue weighted by Gasteiger charge is 2.32. The van der Waals surface area contributed by atoms with Crippen LogP contribution in [-0.2, 0) is 19.7 Å². The first-order valence-corrected chi connectivity index (χ1v) is 14.8. The quantitative estimate of drug-likeness (QED) is 0.310. The van der Waals surface area contributed by atoms with Crippen molar-refractivity contribution in [3.8, 4) is 5.75 Å². The Balaban J connectivity index is 1.55. The molecule has 0 bridgehead atoms. The topological polar surface area (TPSA) is 124 Å². The number of nitrogens with one attached hydrogen (secondary N) is 1. The highest BCUT2D eigenvalue weighted by molar-refractivity contribution is 6.23. The van der Waals surface area contributed by atoms with Crippen LogP contribution in [-0.4, -0.2) is 112 Å². The van der Waals surface area contributed by atoms with Crippen LogP contribution in [0.2, 0.25) is 0 Å². The summed E-state index contributed by atoms with van der Waals surface area (Å²) in [6.07, 6.45) is 3.76. The van der Waals surface area contributed by atoms with E-state index >= 15 is 0 Å². The summed E-state index contributed by atoms with van der Waals surface area (Å²) in [6.45, 7) is 8.84. The highest BCUT2D eigenvalue weighted by atomic mass is 16.5. The zero-order chi connectivity index (χ0) is 31.5. The number of anilines is 1. The summed E-state index contributed by atoms with van der Waals surface area (Å²) >= 11 is 0. The third kappa shape index (κ3) is 7.64. The van der Waals surface area contributed by atoms with Crippen LogP contribution in [0, 0.1) is 0 Å². The van der Waals surface area contributed by atoms with E-state index in [1.54, 1.807) is 19.2 Å². The Morgan fingerprint density at radius 2 is 1.84 bits per heavy atom. The molecule has 234 valence electrons. The van der Waals surface area contributed by atoms with Gasteiger partial charge in [-0.1, -0.05) is 20.8 Å². The lowest BCUT2D eigenvalue weighted by molar-refractivity contribution is -0.144. The molecule has 0 saturated carbocycles. The fourth-order valence-electron chi connectivity index (χ4n) is 5.95. The lowest BCUT2D eigenvalue weighted by Gasteiger charge is -2.36. The molecular formula is C32H45N5O6. The summed E-state index contributed by atoms with van der Waals surface area (Å²) in [5.41, 5.74) is 5.74. The maximum atomic E-state index is 13.8. The van der Waals surface area contributed by atoms with E-state index in [0.717, 1.165) is 28.3 Å². The van der Waals surface area contributed by atoms with Gasteiger partial charge in [-0.25, -0.2) is 4.79 Å². The number of carboxylic acid groups (broad SMARTS) is 1. The van der Waals surface area contributed by atoms with E-state index in [1.807, 2.05) is 32.3 Å². The molecule has 11 nitrogen and oxygen atoms in total. The molecule has 43 heavy (non-hydrogen) atoms. The average Bonchev–Trinajstić information content (AvgIpc) is 3.34. The van der Waals surface area contributed by atoms with Gasteiger partial charge in [0.1, 0.15) is 12.4 Å². The van der Waals surface area contributed by atoms with Crippen LogP contribution >= 0.6 is 0 Å². The van der Waals surface area contributed by atoms with Gasteiger partial charge >= 0.3 is 5.97 Å². The summed E-state index contributed by atoms with van der Waals surface area (Å²) in [7, 11) is 6.95. The maximum absolute atomic E-state index is 13.8. The summed E-state index contributed by atoms with van der Waals surface area (Å²) in [4.78, 5) is 41.7. The number of nitrogens with zero attached hydrogens (tertiary/aromatic N) is 4. The van der Waals surface area contributed by atoms with Gasteiger partial charge in [-0.3, -0.25) is 14.5 Å². The van der Waals surface area contributed by atoms with Gasteiger partial charge < -0.3 is 29.8 Å². The number of ketones is 1. The van der Waals surface area contributed by atoms with Crippen LogP contribution in [0.3, 0.4) is 0 Å². The first-order chi connectivity index (χ1) is 20.3. The standard InChI is InChI=1S/C32H45N5O6/c1-32(2,3)25-13-20(15-27(30(25)42-7)37-10-8-23(9-11-37)43-19-29(39)40)28(38)18-36-16-21-12-24(31(41)33-4)26(34-35(5)6)14-22(21)17-36/h12-13,15,23H,8-11,14,16-19H2,1-7H3,(H,33,41)(H,39,40)/b34-26-. The Labute approximate surface area is 254 Å². The molecule has 4 rings (SSSR count). The number of piperidine rings is 1. The lowest BCUT2D eigenvalue weighted by Crippen LogP contribution is -2.38. The van der Waals surface area contributed by atoms with Crippen molar-refractivity contribution in [3.63, 3.8) is 0 Å². The van der Waals surface area contributed by atoms with E-state index in [4.69, 9.17) is 14.6 Å². The molecule has 2 N–H and O–H groups in total. The van der Waals surface area contributed by atoms with Crippen LogP contribution < -0.4 is 15.0 Å². The minimum Gasteiger partial charge on any atom is -0.494 e. The van der Waals surface area contributed by atoms with Crippen LogP contribution in [0.1, 0.15) is 56.0 Å². The molecule has 1 aromatic carbocycles. The van der Waals surface area contributed by atoms with E-state index in [-0.39, 0.29) is 36.4 Å². The maximum Gasteiger partial charge on any atom is 0.329 e. The Bertz CT molecular complexity index is 1350. The number of aliphatic carboxylic acids is 1. The zero-order valence-corrected chi connectivity index (χ0v) is 26.5. The number of Topliss-reactive ketones (excluding diaryl/α,β-unsaturated/α-hetero) is 1. The third-order valence-corrected chi connectivity index (χ3v) is 8.06. The summed E-state index contributed by atoms with van der Waals surface area (Å²) in [5.74, 6) is -0.359. The molecule has 1 saturated heterocycles. The SMILES string of the molecule is CNC(=O)C1=CC2=C(C/C1=N/N(C)C)CN(CC(=O)c1cc(N3CCC(OCC(=O)O)CC3)c(OC)c(C(C)(C)C)c1)C2. The number of methoxy groups -OCH3 is 1. The van der Waals surface area contributed by atoms with E-state index in [9.17, 15) is 14.4 Å². The van der Waals surface area contributed by atoms with Gasteiger partial charge in [0.25, 0.3) is 5.91 Å². The number of carboxylic acids is 1. The van der Waals surface area contributed by atoms with Crippen molar-refractivity contribution in [2.45, 2.75) is 51.6 Å². The number of ether oxygens (including phenoxy) is 2. The van der Waals surface area contributed by atoms with Gasteiger partial charge in [0, 0.05) is 64.9 Å². The van der Waals surface area contributed by atoms with Gasteiger partial charge in [0.05, 0.1) is 36.7 Å². The Morgan fingerprint density at radius 1 is 1.14 bits per heavy atom. The molecule has 2 aliphatic heterocycles. The number of hydrogen-bond donors (Lipinski definition) is 2. The van der Waals surface area contributed by atoms with E-state index in [2.05, 4.69) is 41.0 Å². The van der Waals surface area contributed by atoms with Crippen LogP contribution in [0.15, 0.2) is 40.0 Å². The second kappa shape index (κ2) is 13.3. The number of hydrogen-bond acceptors (Lipinski definition) is 9. The molecule has 0 spiro atoms. The molecule has 1 amide bonds. The predicted octanol–water partition coefficient (Wildman–Crippen LogP) is 2.85. The highest BCUT2D eigenvalue weighted by Crippen LogP contribution is 2.41. The number of hydrazone groups is 1. The third-order valence-electron chi connectivity index (χ3n) is 8.06. The van der Waals surface area contributed by atoms with Crippen molar-refractivity contribution in [3.05, 3.63) is 46.1 Å². The van der Waals surface area contributed by atoms with Crippen LogP contribution in [0.5, 0.6) is 5.75 Å². The van der Waals surface area contributed by atoms with E-state index in [0.29, 0.717) is 56.6 Å². The molecule has 1 aromatic rings. The fourth-order valence-corrected chi connectivity index (χ4v) is 5.95. The molecule has 3 aliphatic rings. The van der Waals surface area contributed by atoms with E-state index in [1.165, 1.54) is 5.57 Å². The predicted molar refractivity (Wildman–Crippen MR) is 166 cm³/mol. The van der Waals surface area contributed by atoms with E-state index < -0.39 is 5.97 Å². The van der Waals surface area contributed by atoms with Crippen molar-refractivity contribution in [1.82, 2.24) is 15.2 Å². The molecule has 2 heterocycles. The largest absolute Gasteiger partial charge is 0.494 e. The van der Waals surface area contributed by atoms with Gasteiger partial charge in [0.15, 0.2) is 5.78 Å². The molecule has 1 fully saturated rings. The van der Waals surface area contributed by atoms with Crippen molar-refractivity contribution < 1.29 is 29.0 Å². The Hall–Kier alpha value is -3.70. The summed E-state index contributed by atoms with van der Waals surface area (Å²) in [5, 5.41) is 17.9. The van der Waals surface area contributed by atoms with Crippen molar-refractivity contribution >= 4 is 29.1 Å². The first kappa shape index (κ1) is 32.2. The fraction of sp³-hybridized carbons (Fsp3) is 0.562. The Morgan fingerprint density at radius 3 is 2.42 bits per heavy atom. The molecule has 0 atom stereocenters. The van der Waals surface area contributed by atoms with Crippen molar-refractivity contribution in [2.24, 2.45) is 5.10 Å². The smallest absolute Gasteiger partial charge is 0.329 e. The number of rotatable bonds is 10. The minimum atomic E-state index is -0.968. The number of carbonyl (C=O) groups excluding carboxylic acids is 2. The van der Waals surface area contributed by atoms with Gasteiger partial charge in [-0.15, -0.1) is 0 Å². The number of benzene rings is 1. The molecule has 11 heteroatoms. The number of likely N-dealkylation sites (N-methyl/N-ethyl adjacent to an activating group) is 1. The van der Waals surface area contributed by atoms with Gasteiger partial charge in [0.2, 0.25) is 0 Å². The van der Waals surface area contributed by atoms with Crippen LogP contribution in [0.4, 0.5) is 5.69 Å². The van der Waals surface area contributed by atoms with Gasteiger partial charge in [-0.2, -0.15) is 5.10 Å². The van der Waals surface area contributed by atoms with Crippen LogP contribution in [0.25, 0.3) is 0 Å². The van der Waals surface area contributed by atoms with Crippen molar-refractivity contribution in [2.75, 3.05) is 72.5 Å². The molecule has 0 aromatic heterocycles. The second-order valence-corrected chi connectivity index (χ2v) is 12.6. The normalized spacial score (nSPS) is 18.9. The second-order valence-electron chi connectivity index (χ2n) is 12.6. The Kier molecular flexibility index (Phi) is 9.96. The number of carbonyl (C=O) groups is 3. The number of amides is 1. The van der Waals surface area contributed by atoms with Crippen molar-refractivity contribution in [1.29, 1.82) is 0 Å². The average molecular weight is 596 g/mol. The monoisotopic (exact) mass is 595 g/mol. The minimum absolute atomic E-state index is 0.0200. The molecule has 0 unspecified atom stereocenters. The molecular weight excluding hydrogens is 550 g/mol. The molecule has 0 radical (unpaired) electrons. The first-order valence-electron chi connectivity index (χ1n) is 14.8. The summed E-state index contributed by atoms with van der Waals surface area (Å²) < 4.78 is 11.5. The zero-order valence-electron chi connectivity index (χ0n) is 26.5. The van der Waals surface area contributed by atoms with Gasteiger partial charge in [-0.05, 0) is 47.6 Å².